The second-order valence-electron chi connectivity index (χ2n) is 10.3. The van der Waals surface area contributed by atoms with Gasteiger partial charge in [-0.05, 0) is 82.1 Å². The molecule has 4 aliphatic carbocycles. The second-order valence-corrected chi connectivity index (χ2v) is 10.3. The molecule has 4 saturated carbocycles. The van der Waals surface area contributed by atoms with Crippen LogP contribution >= 0.6 is 0 Å². The quantitative estimate of drug-likeness (QED) is 0.522. The molecule has 0 aromatic heterocycles. The van der Waals surface area contributed by atoms with Crippen LogP contribution in [0.3, 0.4) is 0 Å². The Balaban J connectivity index is 1.20. The fraction of sp³-hybridized carbons (Fsp3) is 0.870. The lowest BCUT2D eigenvalue weighted by atomic mass is 9.54. The number of ketones is 1. The van der Waals surface area contributed by atoms with Crippen molar-refractivity contribution in [3.05, 3.63) is 0 Å². The highest BCUT2D eigenvalue weighted by molar-refractivity contribution is 5.87. The average Bonchev–Trinajstić information content (AvgIpc) is 3.16. The predicted octanol–water partition coefficient (Wildman–Crippen LogP) is 1.20. The molecular weight excluding hydrogens is 380 g/mol. The van der Waals surface area contributed by atoms with E-state index in [-0.39, 0.29) is 36.5 Å². The van der Waals surface area contributed by atoms with Crippen molar-refractivity contribution in [3.63, 3.8) is 0 Å². The van der Waals surface area contributed by atoms with Gasteiger partial charge in [-0.1, -0.05) is 0 Å². The third-order valence-electron chi connectivity index (χ3n) is 8.03. The maximum absolute atomic E-state index is 13.1. The van der Waals surface area contributed by atoms with Gasteiger partial charge in [0, 0.05) is 32.0 Å². The van der Waals surface area contributed by atoms with Crippen LogP contribution in [0.25, 0.3) is 0 Å². The Bertz CT molecular complexity index is 637. The standard InChI is InChI=1S/C23H38N4O3/c1-14(24)20(28)4-5-21(29)25-6-8-27-7-2-3-19(27)23(30)26-22-17-10-15-9-16(12-17)13-18(22)11-15/h14-19,22H,2-13,24H2,1H3,(H,25,29)(H,26,30)/t14-,15?,16?,17?,18?,19+,22?/m0/s1. The summed E-state index contributed by atoms with van der Waals surface area (Å²) in [6.07, 6.45) is 8.95. The molecule has 1 heterocycles. The number of nitrogens with one attached hydrogen (secondary N) is 2. The Morgan fingerprint density at radius 2 is 1.70 bits per heavy atom. The van der Waals surface area contributed by atoms with Gasteiger partial charge in [-0.3, -0.25) is 19.3 Å². The first-order valence-electron chi connectivity index (χ1n) is 12.0. The number of nitrogens with two attached hydrogens (primary N) is 1. The van der Waals surface area contributed by atoms with Crippen molar-refractivity contribution in [2.75, 3.05) is 19.6 Å². The van der Waals surface area contributed by atoms with E-state index in [4.69, 9.17) is 5.73 Å². The maximum atomic E-state index is 13.1. The van der Waals surface area contributed by atoms with Gasteiger partial charge in [-0.15, -0.1) is 0 Å². The van der Waals surface area contributed by atoms with Gasteiger partial charge in [-0.2, -0.15) is 0 Å². The van der Waals surface area contributed by atoms with Gasteiger partial charge in [0.1, 0.15) is 5.78 Å². The smallest absolute Gasteiger partial charge is 0.237 e. The van der Waals surface area contributed by atoms with Crippen LogP contribution < -0.4 is 16.4 Å². The Labute approximate surface area is 179 Å². The number of carbonyl (C=O) groups is 3. The Hall–Kier alpha value is -1.47. The summed E-state index contributed by atoms with van der Waals surface area (Å²) in [6, 6.07) is -0.204. The predicted molar refractivity (Wildman–Crippen MR) is 114 cm³/mol. The third-order valence-corrected chi connectivity index (χ3v) is 8.03. The molecule has 0 unspecified atom stereocenters. The number of amides is 2. The van der Waals surface area contributed by atoms with E-state index in [1.54, 1.807) is 6.92 Å². The fourth-order valence-corrected chi connectivity index (χ4v) is 6.70. The lowest BCUT2D eigenvalue weighted by Gasteiger charge is -2.54. The van der Waals surface area contributed by atoms with Crippen molar-refractivity contribution in [1.82, 2.24) is 15.5 Å². The third kappa shape index (κ3) is 4.88. The maximum Gasteiger partial charge on any atom is 0.237 e. The van der Waals surface area contributed by atoms with Crippen molar-refractivity contribution in [2.45, 2.75) is 82.8 Å². The number of carbonyl (C=O) groups excluding carboxylic acids is 3. The van der Waals surface area contributed by atoms with Gasteiger partial charge in [0.2, 0.25) is 11.8 Å². The van der Waals surface area contributed by atoms with E-state index in [1.807, 2.05) is 0 Å². The highest BCUT2D eigenvalue weighted by atomic mass is 16.2. The van der Waals surface area contributed by atoms with E-state index < -0.39 is 6.04 Å². The molecule has 5 aliphatic rings. The molecule has 5 rings (SSSR count). The first-order valence-corrected chi connectivity index (χ1v) is 12.0. The van der Waals surface area contributed by atoms with Gasteiger partial charge in [0.05, 0.1) is 12.1 Å². The van der Waals surface area contributed by atoms with E-state index in [1.165, 1.54) is 32.1 Å². The monoisotopic (exact) mass is 418 g/mol. The zero-order chi connectivity index (χ0) is 21.3. The minimum atomic E-state index is -0.517. The van der Waals surface area contributed by atoms with Crippen LogP contribution in [0.2, 0.25) is 0 Å². The SMILES string of the molecule is C[C@H](N)C(=O)CCC(=O)NCCN1CCC[C@@H]1C(=O)NC1C2CC3CC(C2)CC1C3. The first kappa shape index (κ1) is 21.8. The molecule has 0 radical (unpaired) electrons. The van der Waals surface area contributed by atoms with E-state index >= 15 is 0 Å². The lowest BCUT2D eigenvalue weighted by Crippen LogP contribution is -2.58. The zero-order valence-corrected chi connectivity index (χ0v) is 18.3. The molecule has 2 amide bonds. The summed E-state index contributed by atoms with van der Waals surface area (Å²) in [5.74, 6) is 3.19. The molecule has 1 aliphatic heterocycles. The first-order chi connectivity index (χ1) is 14.4. The van der Waals surface area contributed by atoms with Crippen molar-refractivity contribution in [3.8, 4) is 0 Å². The summed E-state index contributed by atoms with van der Waals surface area (Å²) in [5, 5.41) is 6.34. The zero-order valence-electron chi connectivity index (χ0n) is 18.3. The minimum absolute atomic E-state index is 0.0706. The molecule has 2 atom stereocenters. The van der Waals surface area contributed by atoms with Crippen molar-refractivity contribution >= 4 is 17.6 Å². The molecule has 7 nitrogen and oxygen atoms in total. The summed E-state index contributed by atoms with van der Waals surface area (Å²) in [6.45, 7) is 3.72. The molecule has 168 valence electrons. The highest BCUT2D eigenvalue weighted by Crippen LogP contribution is 2.53. The summed E-state index contributed by atoms with van der Waals surface area (Å²) in [5.41, 5.74) is 5.53. The Morgan fingerprint density at radius 1 is 1.03 bits per heavy atom. The number of nitrogens with zero attached hydrogens (tertiary/aromatic N) is 1. The normalized spacial score (nSPS) is 35.9. The van der Waals surface area contributed by atoms with Crippen molar-refractivity contribution in [1.29, 1.82) is 0 Å². The van der Waals surface area contributed by atoms with Crippen LogP contribution in [0.1, 0.15) is 64.7 Å². The van der Waals surface area contributed by atoms with E-state index in [0.29, 0.717) is 31.0 Å². The van der Waals surface area contributed by atoms with Crippen molar-refractivity contribution in [2.24, 2.45) is 29.4 Å². The molecule has 30 heavy (non-hydrogen) atoms. The second kappa shape index (κ2) is 9.35. The number of rotatable bonds is 9. The molecule has 0 aromatic carbocycles. The van der Waals surface area contributed by atoms with Gasteiger partial charge < -0.3 is 16.4 Å². The molecule has 4 bridgehead atoms. The molecule has 5 fully saturated rings. The highest BCUT2D eigenvalue weighted by Gasteiger charge is 2.49. The van der Waals surface area contributed by atoms with Crippen LogP contribution in [-0.4, -0.2) is 60.3 Å². The molecule has 1 saturated heterocycles. The minimum Gasteiger partial charge on any atom is -0.355 e. The van der Waals surface area contributed by atoms with E-state index in [2.05, 4.69) is 15.5 Å². The number of hydrogen-bond donors (Lipinski definition) is 3. The van der Waals surface area contributed by atoms with Crippen molar-refractivity contribution < 1.29 is 14.4 Å². The Morgan fingerprint density at radius 3 is 2.33 bits per heavy atom. The molecule has 0 spiro atoms. The van der Waals surface area contributed by atoms with Gasteiger partial charge in [0.15, 0.2) is 0 Å². The average molecular weight is 419 g/mol. The number of Topliss-reactive ketones (excluding diaryl/α,β-unsaturated/α-hetero) is 1. The summed E-state index contributed by atoms with van der Waals surface area (Å²) >= 11 is 0. The van der Waals surface area contributed by atoms with Gasteiger partial charge >= 0.3 is 0 Å². The summed E-state index contributed by atoms with van der Waals surface area (Å²) in [7, 11) is 0. The summed E-state index contributed by atoms with van der Waals surface area (Å²) in [4.78, 5) is 38.8. The van der Waals surface area contributed by atoms with E-state index in [9.17, 15) is 14.4 Å². The molecular formula is C23H38N4O3. The van der Waals surface area contributed by atoms with Crippen LogP contribution in [0.5, 0.6) is 0 Å². The topological polar surface area (TPSA) is 105 Å². The van der Waals surface area contributed by atoms with Gasteiger partial charge in [0.25, 0.3) is 0 Å². The van der Waals surface area contributed by atoms with E-state index in [0.717, 1.165) is 31.2 Å². The Kier molecular flexibility index (Phi) is 6.78. The lowest BCUT2D eigenvalue weighted by molar-refractivity contribution is -0.129. The van der Waals surface area contributed by atoms with Crippen LogP contribution in [0.4, 0.5) is 0 Å². The van der Waals surface area contributed by atoms with Crippen LogP contribution in [0, 0.1) is 23.7 Å². The summed E-state index contributed by atoms with van der Waals surface area (Å²) < 4.78 is 0. The largest absolute Gasteiger partial charge is 0.355 e. The molecule has 0 aromatic rings. The fourth-order valence-electron chi connectivity index (χ4n) is 6.70. The van der Waals surface area contributed by atoms with Crippen LogP contribution in [0.15, 0.2) is 0 Å². The van der Waals surface area contributed by atoms with Gasteiger partial charge in [-0.25, -0.2) is 0 Å². The number of hydrogen-bond acceptors (Lipinski definition) is 5. The molecule has 4 N–H and O–H groups in total. The molecule has 7 heteroatoms. The number of likely N-dealkylation sites (tertiary alicyclic amines) is 1. The van der Waals surface area contributed by atoms with Crippen LogP contribution in [-0.2, 0) is 14.4 Å².